The van der Waals surface area contributed by atoms with Crippen molar-refractivity contribution in [3.63, 3.8) is 0 Å². The molecule has 0 aromatic heterocycles. The molecule has 124 valence electrons. The van der Waals surface area contributed by atoms with Crippen molar-refractivity contribution in [3.8, 4) is 0 Å². The predicted octanol–water partition coefficient (Wildman–Crippen LogP) is 3.25. The summed E-state index contributed by atoms with van der Waals surface area (Å²) in [5.74, 6) is 1.64. The summed E-state index contributed by atoms with van der Waals surface area (Å²) in [6.07, 6.45) is 8.04. The molecule has 2 aliphatic rings. The number of nitrogens with zero attached hydrogens (tertiary/aromatic N) is 2. The molecule has 2 aliphatic heterocycles. The van der Waals surface area contributed by atoms with Gasteiger partial charge in [0, 0.05) is 13.2 Å². The molecule has 0 unspecified atom stereocenters. The smallest absolute Gasteiger partial charge is 0.0495 e. The molecule has 0 aromatic rings. The van der Waals surface area contributed by atoms with Gasteiger partial charge in [-0.05, 0) is 83.2 Å². The Morgan fingerprint density at radius 3 is 1.81 bits per heavy atom. The second-order valence-electron chi connectivity index (χ2n) is 7.05. The van der Waals surface area contributed by atoms with Gasteiger partial charge in [-0.15, -0.1) is 0 Å². The highest BCUT2D eigenvalue weighted by atomic mass is 16.5. The van der Waals surface area contributed by atoms with Crippen molar-refractivity contribution in [1.82, 2.24) is 9.80 Å². The Hall–Kier alpha value is -0.120. The summed E-state index contributed by atoms with van der Waals surface area (Å²) in [4.78, 5) is 5.20. The lowest BCUT2D eigenvalue weighted by Gasteiger charge is -2.33. The molecule has 0 radical (unpaired) electrons. The summed E-state index contributed by atoms with van der Waals surface area (Å²) in [6, 6.07) is 0. The quantitative estimate of drug-likeness (QED) is 0.684. The van der Waals surface area contributed by atoms with Gasteiger partial charge in [0.1, 0.15) is 0 Å². The zero-order valence-electron chi connectivity index (χ0n) is 14.4. The molecule has 0 amide bonds. The number of ether oxygens (including phenoxy) is 1. The first-order valence-electron chi connectivity index (χ1n) is 9.34. The molecule has 0 saturated carbocycles. The normalized spacial score (nSPS) is 23.7. The van der Waals surface area contributed by atoms with Gasteiger partial charge in [-0.1, -0.05) is 20.3 Å². The third-order valence-corrected chi connectivity index (χ3v) is 5.40. The van der Waals surface area contributed by atoms with E-state index in [1.165, 1.54) is 77.8 Å². The molecular formula is C18H36N2O. The fourth-order valence-corrected chi connectivity index (χ4v) is 3.63. The van der Waals surface area contributed by atoms with Crippen molar-refractivity contribution < 1.29 is 4.74 Å². The number of unbranched alkanes of at least 4 members (excludes halogenated alkanes) is 1. The van der Waals surface area contributed by atoms with E-state index in [0.717, 1.165) is 25.0 Å². The summed E-state index contributed by atoms with van der Waals surface area (Å²) in [5, 5.41) is 0. The number of hydrogen-bond donors (Lipinski definition) is 0. The first-order valence-corrected chi connectivity index (χ1v) is 9.34. The lowest BCUT2D eigenvalue weighted by molar-refractivity contribution is 0.0315. The van der Waals surface area contributed by atoms with Gasteiger partial charge >= 0.3 is 0 Å². The minimum Gasteiger partial charge on any atom is -0.381 e. The van der Waals surface area contributed by atoms with Crippen LogP contribution in [0.2, 0.25) is 0 Å². The molecule has 2 fully saturated rings. The van der Waals surface area contributed by atoms with Gasteiger partial charge in [-0.3, -0.25) is 0 Å². The van der Waals surface area contributed by atoms with E-state index >= 15 is 0 Å². The van der Waals surface area contributed by atoms with E-state index in [1.54, 1.807) is 0 Å². The van der Waals surface area contributed by atoms with Crippen LogP contribution in [0.5, 0.6) is 0 Å². The van der Waals surface area contributed by atoms with Crippen molar-refractivity contribution in [2.24, 2.45) is 11.8 Å². The topological polar surface area (TPSA) is 15.7 Å². The molecule has 2 rings (SSSR count). The summed E-state index contributed by atoms with van der Waals surface area (Å²) < 4.78 is 6.06. The largest absolute Gasteiger partial charge is 0.381 e. The molecule has 0 aromatic carbocycles. The molecular weight excluding hydrogens is 260 g/mol. The number of piperidine rings is 2. The molecule has 3 nitrogen and oxygen atoms in total. The van der Waals surface area contributed by atoms with Crippen molar-refractivity contribution in [2.75, 3.05) is 52.5 Å². The SMILES string of the molecule is CCCCN1CCC(COCC2CCN(CC)CC2)CC1. The van der Waals surface area contributed by atoms with E-state index < -0.39 is 0 Å². The second-order valence-corrected chi connectivity index (χ2v) is 7.05. The summed E-state index contributed by atoms with van der Waals surface area (Å²) in [5.41, 5.74) is 0. The van der Waals surface area contributed by atoms with Crippen molar-refractivity contribution in [1.29, 1.82) is 0 Å². The van der Waals surface area contributed by atoms with Crippen LogP contribution in [-0.4, -0.2) is 62.3 Å². The maximum Gasteiger partial charge on any atom is 0.0495 e. The molecule has 0 aliphatic carbocycles. The van der Waals surface area contributed by atoms with Crippen LogP contribution in [0.25, 0.3) is 0 Å². The van der Waals surface area contributed by atoms with Gasteiger partial charge in [-0.25, -0.2) is 0 Å². The van der Waals surface area contributed by atoms with Crippen LogP contribution in [0.3, 0.4) is 0 Å². The van der Waals surface area contributed by atoms with Crippen LogP contribution in [0.1, 0.15) is 52.4 Å². The van der Waals surface area contributed by atoms with Crippen molar-refractivity contribution in [3.05, 3.63) is 0 Å². The van der Waals surface area contributed by atoms with Gasteiger partial charge in [-0.2, -0.15) is 0 Å². The van der Waals surface area contributed by atoms with Crippen LogP contribution >= 0.6 is 0 Å². The number of hydrogen-bond acceptors (Lipinski definition) is 3. The number of likely N-dealkylation sites (tertiary alicyclic amines) is 2. The minimum absolute atomic E-state index is 0.817. The molecule has 0 spiro atoms. The summed E-state index contributed by atoms with van der Waals surface area (Å²) in [6.45, 7) is 14.2. The predicted molar refractivity (Wildman–Crippen MR) is 89.7 cm³/mol. The first-order chi connectivity index (χ1) is 10.3. The zero-order chi connectivity index (χ0) is 14.9. The maximum absolute atomic E-state index is 6.06. The molecule has 0 N–H and O–H groups in total. The zero-order valence-corrected chi connectivity index (χ0v) is 14.4. The van der Waals surface area contributed by atoms with Crippen LogP contribution in [0.15, 0.2) is 0 Å². The van der Waals surface area contributed by atoms with E-state index in [9.17, 15) is 0 Å². The maximum atomic E-state index is 6.06. The second kappa shape index (κ2) is 9.81. The standard InChI is InChI=1S/C18H36N2O/c1-3-5-10-20-13-8-18(9-14-20)16-21-15-17-6-11-19(4-2)12-7-17/h17-18H,3-16H2,1-2H3. The third kappa shape index (κ3) is 6.25. The average Bonchev–Trinajstić information content (AvgIpc) is 2.55. The number of rotatable bonds is 8. The highest BCUT2D eigenvalue weighted by molar-refractivity contribution is 4.74. The highest BCUT2D eigenvalue weighted by Gasteiger charge is 2.21. The highest BCUT2D eigenvalue weighted by Crippen LogP contribution is 2.20. The Balaban J connectivity index is 1.50. The van der Waals surface area contributed by atoms with Gasteiger partial charge in [0.25, 0.3) is 0 Å². The molecule has 3 heteroatoms. The van der Waals surface area contributed by atoms with Crippen LogP contribution in [-0.2, 0) is 4.74 Å². The lowest BCUT2D eigenvalue weighted by atomic mass is 9.96. The Labute approximate surface area is 132 Å². The van der Waals surface area contributed by atoms with Crippen LogP contribution in [0.4, 0.5) is 0 Å². The van der Waals surface area contributed by atoms with E-state index in [1.807, 2.05) is 0 Å². The molecule has 2 saturated heterocycles. The van der Waals surface area contributed by atoms with Gasteiger partial charge in [0.2, 0.25) is 0 Å². The Bertz CT molecular complexity index is 256. The Morgan fingerprint density at radius 2 is 1.33 bits per heavy atom. The molecule has 2 heterocycles. The summed E-state index contributed by atoms with van der Waals surface area (Å²) in [7, 11) is 0. The van der Waals surface area contributed by atoms with Gasteiger partial charge in [0.15, 0.2) is 0 Å². The monoisotopic (exact) mass is 296 g/mol. The van der Waals surface area contributed by atoms with Crippen LogP contribution < -0.4 is 0 Å². The van der Waals surface area contributed by atoms with E-state index in [-0.39, 0.29) is 0 Å². The summed E-state index contributed by atoms with van der Waals surface area (Å²) >= 11 is 0. The average molecular weight is 296 g/mol. The third-order valence-electron chi connectivity index (χ3n) is 5.40. The van der Waals surface area contributed by atoms with E-state index in [2.05, 4.69) is 23.6 Å². The van der Waals surface area contributed by atoms with E-state index in [4.69, 9.17) is 4.74 Å². The van der Waals surface area contributed by atoms with Crippen molar-refractivity contribution in [2.45, 2.75) is 52.4 Å². The molecule has 0 bridgehead atoms. The first kappa shape index (κ1) is 17.2. The lowest BCUT2D eigenvalue weighted by Crippen LogP contribution is -2.37. The fraction of sp³-hybridized carbons (Fsp3) is 1.00. The Morgan fingerprint density at radius 1 is 0.810 bits per heavy atom. The van der Waals surface area contributed by atoms with E-state index in [0.29, 0.717) is 0 Å². The fourth-order valence-electron chi connectivity index (χ4n) is 3.63. The van der Waals surface area contributed by atoms with Crippen LogP contribution in [0, 0.1) is 11.8 Å². The van der Waals surface area contributed by atoms with Gasteiger partial charge < -0.3 is 14.5 Å². The molecule has 21 heavy (non-hydrogen) atoms. The van der Waals surface area contributed by atoms with Gasteiger partial charge in [0.05, 0.1) is 0 Å². The Kier molecular flexibility index (Phi) is 8.05. The molecule has 0 atom stereocenters. The minimum atomic E-state index is 0.817. The van der Waals surface area contributed by atoms with Crippen molar-refractivity contribution >= 4 is 0 Å².